The second kappa shape index (κ2) is 12.4. The number of carbonyl (C=O) groups excluding carboxylic acids is 4. The maximum absolute atomic E-state index is 15.0. The van der Waals surface area contributed by atoms with Gasteiger partial charge in [0.25, 0.3) is 0 Å². The van der Waals surface area contributed by atoms with Crippen LogP contribution in [0.3, 0.4) is 0 Å². The van der Waals surface area contributed by atoms with E-state index in [2.05, 4.69) is 22.2 Å². The number of benzene rings is 2. The first-order valence-electron chi connectivity index (χ1n) is 12.5. The third-order valence-corrected chi connectivity index (χ3v) is 7.46. The van der Waals surface area contributed by atoms with E-state index in [0.717, 1.165) is 10.8 Å². The Kier molecular flexibility index (Phi) is 9.04. The number of hydrogen-bond donors (Lipinski definition) is 1. The molecule has 2 aromatic carbocycles. The second-order valence-electron chi connectivity index (χ2n) is 9.34. The van der Waals surface area contributed by atoms with Crippen LogP contribution < -0.4 is 15.1 Å². The van der Waals surface area contributed by atoms with Gasteiger partial charge in [-0.2, -0.15) is 0 Å². The van der Waals surface area contributed by atoms with E-state index in [1.165, 1.54) is 17.9 Å². The summed E-state index contributed by atoms with van der Waals surface area (Å²) in [6, 6.07) is 12.0. The Labute approximate surface area is 229 Å². The molecule has 2 heterocycles. The molecule has 2 fully saturated rings. The van der Waals surface area contributed by atoms with Crippen molar-refractivity contribution in [3.63, 3.8) is 0 Å². The molecule has 4 rings (SSSR count). The number of halogens is 1. The normalized spacial score (nSPS) is 17.4. The summed E-state index contributed by atoms with van der Waals surface area (Å²) >= 11 is 2.49. The van der Waals surface area contributed by atoms with E-state index < -0.39 is 18.0 Å². The quantitative estimate of drug-likeness (QED) is 0.359. The van der Waals surface area contributed by atoms with Crippen molar-refractivity contribution >= 4 is 51.9 Å². The van der Waals surface area contributed by atoms with Gasteiger partial charge in [-0.1, -0.05) is 0 Å². The first-order chi connectivity index (χ1) is 18.2. The zero-order chi connectivity index (χ0) is 27.2. The van der Waals surface area contributed by atoms with Gasteiger partial charge in [0, 0.05) is 6.92 Å². The number of rotatable bonds is 9. The van der Waals surface area contributed by atoms with Gasteiger partial charge in [0.05, 0.1) is 24.5 Å². The molecule has 0 unspecified atom stereocenters. The van der Waals surface area contributed by atoms with Crippen molar-refractivity contribution in [3.8, 4) is 0 Å². The first-order valence-corrected chi connectivity index (χ1v) is 13.9. The van der Waals surface area contributed by atoms with E-state index in [-0.39, 0.29) is 43.5 Å². The van der Waals surface area contributed by atoms with E-state index in [0.29, 0.717) is 43.1 Å². The Balaban J connectivity index is 1.27. The summed E-state index contributed by atoms with van der Waals surface area (Å²) in [7, 11) is 0. The van der Waals surface area contributed by atoms with Crippen LogP contribution in [0.1, 0.15) is 35.7 Å². The van der Waals surface area contributed by atoms with Crippen LogP contribution in [-0.4, -0.2) is 90.8 Å². The Morgan fingerprint density at radius 3 is 2.39 bits per heavy atom. The molecule has 0 aliphatic carbocycles. The number of hydrogen-bond acceptors (Lipinski definition) is 6. The van der Waals surface area contributed by atoms with Crippen molar-refractivity contribution in [1.29, 1.82) is 0 Å². The fourth-order valence-electron chi connectivity index (χ4n) is 4.53. The number of Topliss-reactive ketones (excluding diaryl/α,β-unsaturated/α-hetero) is 1. The maximum atomic E-state index is 15.0. The average Bonchev–Trinajstić information content (AvgIpc) is 3.30. The van der Waals surface area contributed by atoms with E-state index in [1.54, 1.807) is 29.2 Å². The number of nitrogens with zero attached hydrogens (tertiary/aromatic N) is 3. The fourth-order valence-corrected chi connectivity index (χ4v) is 4.97. The summed E-state index contributed by atoms with van der Waals surface area (Å²) in [4.78, 5) is 53.4. The van der Waals surface area contributed by atoms with Gasteiger partial charge in [-0.15, -0.1) is 0 Å². The van der Waals surface area contributed by atoms with Gasteiger partial charge in [-0.25, -0.2) is 9.18 Å². The van der Waals surface area contributed by atoms with Crippen LogP contribution >= 0.6 is 0 Å². The molecule has 2 aliphatic rings. The van der Waals surface area contributed by atoms with Gasteiger partial charge < -0.3 is 15.0 Å². The molecular formula is C27H30AsFN4O5. The van der Waals surface area contributed by atoms with Gasteiger partial charge in [0.1, 0.15) is 11.9 Å². The van der Waals surface area contributed by atoms with Gasteiger partial charge in [-0.3, -0.25) is 9.69 Å². The van der Waals surface area contributed by atoms with Crippen LogP contribution in [0, 0.1) is 5.82 Å². The predicted molar refractivity (Wildman–Crippen MR) is 141 cm³/mol. The molecule has 1 atom stereocenters. The molecule has 2 radical (unpaired) electrons. The van der Waals surface area contributed by atoms with Crippen molar-refractivity contribution in [3.05, 3.63) is 59.4 Å². The molecule has 2 aromatic rings. The number of anilines is 2. The van der Waals surface area contributed by atoms with Crippen molar-refractivity contribution in [2.24, 2.45) is 0 Å². The molecule has 11 heteroatoms. The minimum absolute atomic E-state index is 0.0559. The number of nitrogens with one attached hydrogen (secondary N) is 1. The molecule has 0 bridgehead atoms. The summed E-state index contributed by atoms with van der Waals surface area (Å²) in [6.45, 7) is 3.56. The number of cyclic esters (lactones) is 1. The van der Waals surface area contributed by atoms with Crippen LogP contribution in [0.4, 0.5) is 20.6 Å². The SMILES string of the molecule is CC(=O)NC[C@H]1CN(c2ccc(N3CCN(C(=O)CCC(=O)c4ccc(C[As])cc4)CC3)c(F)c2)C(=O)O1. The standard InChI is InChI=1S/C27H30AsFN4O5/c1-18(34)30-16-22-17-33(27(37)38-22)21-6-7-24(23(29)14-21)31-10-12-32(13-11-31)26(36)9-8-25(35)20-4-2-19(15-28)3-5-20/h2-7,14,22H,8-13,15-17H2,1H3,(H,30,34)/t22-/m0/s1. The Morgan fingerprint density at radius 1 is 1.05 bits per heavy atom. The van der Waals surface area contributed by atoms with Gasteiger partial charge in [-0.05, 0) is 18.2 Å². The smallest absolute Gasteiger partial charge is 0.442 e. The molecular weight excluding hydrogens is 554 g/mol. The van der Waals surface area contributed by atoms with Crippen molar-refractivity contribution in [1.82, 2.24) is 10.2 Å². The number of ether oxygens (including phenoxy) is 1. The molecule has 2 aliphatic heterocycles. The second-order valence-corrected chi connectivity index (χ2v) is 10.00. The average molecular weight is 584 g/mol. The van der Waals surface area contributed by atoms with Crippen LogP contribution in [0.25, 0.3) is 0 Å². The van der Waals surface area contributed by atoms with E-state index in [9.17, 15) is 19.2 Å². The summed E-state index contributed by atoms with van der Waals surface area (Å²) in [5, 5.41) is 3.45. The number of carbonyl (C=O) groups is 4. The number of ketones is 1. The molecule has 0 aromatic heterocycles. The molecule has 9 nitrogen and oxygen atoms in total. The predicted octanol–water partition coefficient (Wildman–Crippen LogP) is 2.27. The van der Waals surface area contributed by atoms with Gasteiger partial charge in [0.2, 0.25) is 5.91 Å². The van der Waals surface area contributed by atoms with E-state index >= 15 is 4.39 Å². The summed E-state index contributed by atoms with van der Waals surface area (Å²) in [6.07, 6.45) is -0.795. The summed E-state index contributed by atoms with van der Waals surface area (Å²) < 4.78 is 20.3. The summed E-state index contributed by atoms with van der Waals surface area (Å²) in [5.41, 5.74) is 2.51. The third kappa shape index (κ3) is 6.72. The minimum Gasteiger partial charge on any atom is -0.442 e. The number of amides is 3. The van der Waals surface area contributed by atoms with E-state index in [4.69, 9.17) is 4.74 Å². The van der Waals surface area contributed by atoms with Crippen LogP contribution in [0.15, 0.2) is 42.5 Å². The third-order valence-electron chi connectivity index (χ3n) is 6.69. The molecule has 200 valence electrons. The van der Waals surface area contributed by atoms with Gasteiger partial charge >= 0.3 is 129 Å². The van der Waals surface area contributed by atoms with Crippen molar-refractivity contribution in [2.45, 2.75) is 31.1 Å². The molecule has 1 N–H and O–H groups in total. The number of piperazine rings is 1. The topological polar surface area (TPSA) is 99.3 Å². The van der Waals surface area contributed by atoms with Crippen molar-refractivity contribution < 1.29 is 28.3 Å². The monoisotopic (exact) mass is 584 g/mol. The van der Waals surface area contributed by atoms with Gasteiger partial charge in [0.15, 0.2) is 0 Å². The zero-order valence-corrected chi connectivity index (χ0v) is 23.1. The molecule has 0 spiro atoms. The van der Waals surface area contributed by atoms with Crippen LogP contribution in [-0.2, 0) is 19.5 Å². The molecule has 2 saturated heterocycles. The van der Waals surface area contributed by atoms with Crippen LogP contribution in [0.5, 0.6) is 0 Å². The molecule has 3 amide bonds. The molecule has 38 heavy (non-hydrogen) atoms. The summed E-state index contributed by atoms with van der Waals surface area (Å²) in [5.74, 6) is -0.835. The Morgan fingerprint density at radius 2 is 1.76 bits per heavy atom. The minimum atomic E-state index is -0.588. The van der Waals surface area contributed by atoms with Crippen LogP contribution in [0.2, 0.25) is 0 Å². The van der Waals surface area contributed by atoms with E-state index in [1.807, 2.05) is 17.0 Å². The van der Waals surface area contributed by atoms with Crippen molar-refractivity contribution in [2.75, 3.05) is 49.1 Å². The Hall–Kier alpha value is -3.39. The fraction of sp³-hybridized carbons (Fsp3) is 0.407. The first kappa shape index (κ1) is 27.6. The molecule has 0 saturated carbocycles. The Bertz CT molecular complexity index is 1200. The zero-order valence-electron chi connectivity index (χ0n) is 21.2.